The lowest BCUT2D eigenvalue weighted by molar-refractivity contribution is -0.146. The van der Waals surface area contributed by atoms with Crippen LogP contribution in [-0.2, 0) is 16.1 Å². The van der Waals surface area contributed by atoms with Gasteiger partial charge < -0.3 is 14.8 Å². The number of piperazine rings is 1. The Morgan fingerprint density at radius 2 is 2.50 bits per heavy atom. The fourth-order valence-electron chi connectivity index (χ4n) is 1.72. The van der Waals surface area contributed by atoms with E-state index in [9.17, 15) is 9.59 Å². The fourth-order valence-corrected chi connectivity index (χ4v) is 1.72. The van der Waals surface area contributed by atoms with Gasteiger partial charge in [0.15, 0.2) is 0 Å². The third kappa shape index (κ3) is 2.22. The van der Waals surface area contributed by atoms with Crippen molar-refractivity contribution in [3.8, 4) is 0 Å². The lowest BCUT2D eigenvalue weighted by atomic mass is 10.1. The molecular weight excluding hydrogens is 212 g/mol. The number of amides is 1. The molecule has 0 spiro atoms. The first-order chi connectivity index (χ1) is 7.66. The van der Waals surface area contributed by atoms with E-state index in [1.54, 1.807) is 17.2 Å². The van der Waals surface area contributed by atoms with Crippen molar-refractivity contribution in [2.45, 2.75) is 12.6 Å². The van der Waals surface area contributed by atoms with Gasteiger partial charge in [-0.2, -0.15) is 0 Å². The fraction of sp³-hybridized carbons (Fsp3) is 0.400. The number of carboxylic acid groups (broad SMARTS) is 1. The summed E-state index contributed by atoms with van der Waals surface area (Å²) in [7, 11) is 0. The largest absolute Gasteiger partial charge is 0.480 e. The van der Waals surface area contributed by atoms with Crippen molar-refractivity contribution in [2.75, 3.05) is 13.1 Å². The summed E-state index contributed by atoms with van der Waals surface area (Å²) in [4.78, 5) is 23.8. The van der Waals surface area contributed by atoms with Crippen LogP contribution in [0.25, 0.3) is 0 Å². The standard InChI is InChI=1S/C10H12N2O4/c13-9-5-12(4-7-1-2-16-6-7)8(3-11-9)10(14)15/h1-2,6,8H,3-5H2,(H,11,13)(H,14,15). The van der Waals surface area contributed by atoms with Crippen molar-refractivity contribution < 1.29 is 19.1 Å². The van der Waals surface area contributed by atoms with E-state index in [1.807, 2.05) is 0 Å². The molecule has 0 bridgehead atoms. The molecule has 16 heavy (non-hydrogen) atoms. The van der Waals surface area contributed by atoms with Crippen molar-refractivity contribution in [2.24, 2.45) is 0 Å². The molecule has 2 heterocycles. The first kappa shape index (κ1) is 10.7. The summed E-state index contributed by atoms with van der Waals surface area (Å²) >= 11 is 0. The Bertz CT molecular complexity index is 388. The molecule has 0 aromatic carbocycles. The van der Waals surface area contributed by atoms with E-state index in [1.165, 1.54) is 6.26 Å². The highest BCUT2D eigenvalue weighted by atomic mass is 16.4. The Labute approximate surface area is 91.8 Å². The Morgan fingerprint density at radius 3 is 3.12 bits per heavy atom. The zero-order chi connectivity index (χ0) is 11.5. The molecule has 2 rings (SSSR count). The molecule has 1 amide bonds. The van der Waals surface area contributed by atoms with E-state index in [2.05, 4.69) is 5.32 Å². The highest BCUT2D eigenvalue weighted by Gasteiger charge is 2.31. The summed E-state index contributed by atoms with van der Waals surface area (Å²) in [6, 6.07) is 1.08. The molecule has 1 aliphatic heterocycles. The molecular formula is C10H12N2O4. The minimum Gasteiger partial charge on any atom is -0.480 e. The average molecular weight is 224 g/mol. The predicted molar refractivity (Wildman–Crippen MR) is 53.6 cm³/mol. The first-order valence-corrected chi connectivity index (χ1v) is 4.91. The molecule has 86 valence electrons. The lowest BCUT2D eigenvalue weighted by Gasteiger charge is -2.32. The van der Waals surface area contributed by atoms with Crippen LogP contribution in [0.3, 0.4) is 0 Å². The van der Waals surface area contributed by atoms with Crippen molar-refractivity contribution in [1.82, 2.24) is 10.2 Å². The number of carboxylic acids is 1. The smallest absolute Gasteiger partial charge is 0.322 e. The second-order valence-corrected chi connectivity index (χ2v) is 3.69. The van der Waals surface area contributed by atoms with Crippen LogP contribution in [0.4, 0.5) is 0 Å². The molecule has 1 aromatic rings. The van der Waals surface area contributed by atoms with Gasteiger partial charge in [-0.15, -0.1) is 0 Å². The van der Waals surface area contributed by atoms with Gasteiger partial charge in [0.05, 0.1) is 19.1 Å². The van der Waals surface area contributed by atoms with Crippen LogP contribution < -0.4 is 5.32 Å². The number of rotatable bonds is 3. The number of carbonyl (C=O) groups is 2. The molecule has 0 radical (unpaired) electrons. The summed E-state index contributed by atoms with van der Waals surface area (Å²) < 4.78 is 4.90. The second-order valence-electron chi connectivity index (χ2n) is 3.69. The molecule has 0 saturated carbocycles. The zero-order valence-corrected chi connectivity index (χ0v) is 8.55. The van der Waals surface area contributed by atoms with E-state index in [4.69, 9.17) is 9.52 Å². The lowest BCUT2D eigenvalue weighted by Crippen LogP contribution is -2.56. The van der Waals surface area contributed by atoms with Crippen LogP contribution in [0.1, 0.15) is 5.56 Å². The number of furan rings is 1. The van der Waals surface area contributed by atoms with Gasteiger partial charge in [-0.05, 0) is 6.07 Å². The summed E-state index contributed by atoms with van der Waals surface area (Å²) in [5.41, 5.74) is 0.862. The van der Waals surface area contributed by atoms with E-state index in [-0.39, 0.29) is 19.0 Å². The highest BCUT2D eigenvalue weighted by molar-refractivity contribution is 5.83. The van der Waals surface area contributed by atoms with Crippen LogP contribution in [0, 0.1) is 0 Å². The Hall–Kier alpha value is -1.82. The van der Waals surface area contributed by atoms with E-state index < -0.39 is 12.0 Å². The van der Waals surface area contributed by atoms with Crippen LogP contribution in [0.5, 0.6) is 0 Å². The molecule has 1 unspecified atom stereocenters. The number of aliphatic carboxylic acids is 1. The Morgan fingerprint density at radius 1 is 1.69 bits per heavy atom. The number of nitrogens with zero attached hydrogens (tertiary/aromatic N) is 1. The topological polar surface area (TPSA) is 82.8 Å². The van der Waals surface area contributed by atoms with Crippen molar-refractivity contribution >= 4 is 11.9 Å². The van der Waals surface area contributed by atoms with Crippen molar-refractivity contribution in [3.63, 3.8) is 0 Å². The monoisotopic (exact) mass is 224 g/mol. The molecule has 6 heteroatoms. The molecule has 1 aromatic heterocycles. The van der Waals surface area contributed by atoms with E-state index in [0.29, 0.717) is 6.54 Å². The molecule has 6 nitrogen and oxygen atoms in total. The van der Waals surface area contributed by atoms with Crippen LogP contribution in [0.2, 0.25) is 0 Å². The molecule has 1 aliphatic rings. The molecule has 2 N–H and O–H groups in total. The van der Waals surface area contributed by atoms with Crippen molar-refractivity contribution in [1.29, 1.82) is 0 Å². The quantitative estimate of drug-likeness (QED) is 0.734. The van der Waals surface area contributed by atoms with Gasteiger partial charge in [-0.1, -0.05) is 0 Å². The second kappa shape index (κ2) is 4.36. The van der Waals surface area contributed by atoms with Crippen LogP contribution in [-0.4, -0.2) is 41.0 Å². The first-order valence-electron chi connectivity index (χ1n) is 4.91. The maximum absolute atomic E-state index is 11.2. The Kier molecular flexibility index (Phi) is 2.91. The van der Waals surface area contributed by atoms with E-state index in [0.717, 1.165) is 5.56 Å². The van der Waals surface area contributed by atoms with Gasteiger partial charge >= 0.3 is 5.97 Å². The predicted octanol–water partition coefficient (Wildman–Crippen LogP) is -0.335. The maximum Gasteiger partial charge on any atom is 0.322 e. The van der Waals surface area contributed by atoms with Crippen molar-refractivity contribution in [3.05, 3.63) is 24.2 Å². The number of nitrogens with one attached hydrogen (secondary N) is 1. The van der Waals surface area contributed by atoms with Gasteiger partial charge in [0, 0.05) is 18.7 Å². The van der Waals surface area contributed by atoms with Gasteiger partial charge in [0.1, 0.15) is 6.04 Å². The molecule has 0 aliphatic carbocycles. The maximum atomic E-state index is 11.2. The minimum atomic E-state index is -0.927. The van der Waals surface area contributed by atoms with Gasteiger partial charge in [0.25, 0.3) is 0 Å². The molecule has 1 fully saturated rings. The van der Waals surface area contributed by atoms with Gasteiger partial charge in [0.2, 0.25) is 5.91 Å². The van der Waals surface area contributed by atoms with E-state index >= 15 is 0 Å². The number of carbonyl (C=O) groups excluding carboxylic acids is 1. The van der Waals surface area contributed by atoms with Gasteiger partial charge in [-0.3, -0.25) is 14.5 Å². The number of hydrogen-bond acceptors (Lipinski definition) is 4. The Balaban J connectivity index is 2.08. The summed E-state index contributed by atoms with van der Waals surface area (Å²) in [6.07, 6.45) is 3.07. The summed E-state index contributed by atoms with van der Waals surface area (Å²) in [5, 5.41) is 11.5. The van der Waals surface area contributed by atoms with Crippen LogP contribution >= 0.6 is 0 Å². The normalized spacial score (nSPS) is 21.8. The summed E-state index contributed by atoms with van der Waals surface area (Å²) in [5.74, 6) is -1.08. The molecule has 1 atom stereocenters. The molecule has 1 saturated heterocycles. The SMILES string of the molecule is O=C1CN(Cc2ccoc2)C(C(=O)O)CN1. The average Bonchev–Trinajstić information content (AvgIpc) is 2.70. The highest BCUT2D eigenvalue weighted by Crippen LogP contribution is 2.11. The minimum absolute atomic E-state index is 0.0994. The van der Waals surface area contributed by atoms with Crippen LogP contribution in [0.15, 0.2) is 23.0 Å². The third-order valence-electron chi connectivity index (χ3n) is 2.53. The third-order valence-corrected chi connectivity index (χ3v) is 2.53. The van der Waals surface area contributed by atoms with Gasteiger partial charge in [-0.25, -0.2) is 0 Å². The zero-order valence-electron chi connectivity index (χ0n) is 8.55. The summed E-state index contributed by atoms with van der Waals surface area (Å²) in [6.45, 7) is 0.648. The number of hydrogen-bond donors (Lipinski definition) is 2.